The number of ether oxygens (including phenoxy) is 2. The molecule has 1 amide bonds. The number of aryl methyl sites for hydroxylation is 1. The Kier molecular flexibility index (Phi) is 6.45. The Labute approximate surface area is 158 Å². The molecule has 10 heteroatoms. The molecule has 1 aromatic carbocycles. The van der Waals surface area contributed by atoms with Gasteiger partial charge < -0.3 is 9.47 Å². The van der Waals surface area contributed by atoms with Crippen LogP contribution >= 0.6 is 0 Å². The number of hydrogen-bond donors (Lipinski definition) is 2. The maximum atomic E-state index is 13.9. The van der Waals surface area contributed by atoms with Crippen molar-refractivity contribution in [3.63, 3.8) is 0 Å². The summed E-state index contributed by atoms with van der Waals surface area (Å²) in [5, 5.41) is 3.66. The molecule has 0 aliphatic rings. The molecule has 28 heavy (non-hydrogen) atoms. The second-order valence-corrected chi connectivity index (χ2v) is 5.79. The monoisotopic (exact) mass is 398 g/mol. The molecule has 0 saturated carbocycles. The fraction of sp³-hybridized carbons (Fsp3) is 0.278. The van der Waals surface area contributed by atoms with Crippen LogP contribution in [0.3, 0.4) is 0 Å². The highest BCUT2D eigenvalue weighted by molar-refractivity contribution is 5.91. The lowest BCUT2D eigenvalue weighted by Gasteiger charge is -2.30. The third kappa shape index (κ3) is 4.90. The lowest BCUT2D eigenvalue weighted by molar-refractivity contribution is -0.363. The summed E-state index contributed by atoms with van der Waals surface area (Å²) < 4.78 is 51.1. The molecule has 3 N–H and O–H groups in total. The lowest BCUT2D eigenvalue weighted by Crippen LogP contribution is -2.70. The van der Waals surface area contributed by atoms with Gasteiger partial charge in [0.2, 0.25) is 0 Å². The van der Waals surface area contributed by atoms with Gasteiger partial charge in [-0.1, -0.05) is 18.2 Å². The zero-order valence-electron chi connectivity index (χ0n) is 15.1. The van der Waals surface area contributed by atoms with Crippen LogP contribution in [0.5, 0.6) is 5.75 Å². The lowest BCUT2D eigenvalue weighted by atomic mass is 10.1. The van der Waals surface area contributed by atoms with E-state index in [1.165, 1.54) is 30.5 Å². The van der Waals surface area contributed by atoms with E-state index in [9.17, 15) is 22.8 Å². The van der Waals surface area contributed by atoms with Gasteiger partial charge in [-0.2, -0.15) is 13.2 Å². The molecule has 0 aliphatic carbocycles. The number of carbonyl (C=O) groups excluding carboxylic acids is 2. The zero-order chi connectivity index (χ0) is 20.8. The van der Waals surface area contributed by atoms with Gasteiger partial charge in [0.25, 0.3) is 11.7 Å². The number of anilines is 1. The standard InChI is InChI=1S/C18H18F3N3O4/c1-12-8-9-14(22-10-12)23-17(16(26)27-2,18(19,20)21)24-15(25)11-28-13-6-4-3-5-7-13/h3-10H,11H2,1-2H3,(H,22,23)(H,24,25)/p+1/t17-/m0/s1. The molecule has 2 rings (SSSR count). The summed E-state index contributed by atoms with van der Waals surface area (Å²) >= 11 is 0. The first-order valence-electron chi connectivity index (χ1n) is 8.08. The van der Waals surface area contributed by atoms with Gasteiger partial charge in [0.1, 0.15) is 5.75 Å². The van der Waals surface area contributed by atoms with E-state index < -0.39 is 30.3 Å². The predicted molar refractivity (Wildman–Crippen MR) is 92.2 cm³/mol. The maximum absolute atomic E-state index is 13.9. The van der Waals surface area contributed by atoms with E-state index in [1.807, 2.05) is 5.32 Å². The fourth-order valence-electron chi connectivity index (χ4n) is 2.24. The third-order valence-electron chi connectivity index (χ3n) is 3.65. The quantitative estimate of drug-likeness (QED) is 0.549. The van der Waals surface area contributed by atoms with E-state index in [0.717, 1.165) is 12.7 Å². The Balaban J connectivity index is 2.27. The van der Waals surface area contributed by atoms with Crippen LogP contribution in [-0.2, 0) is 14.3 Å². The molecule has 2 aromatic rings. The van der Waals surface area contributed by atoms with Gasteiger partial charge in [-0.05, 0) is 30.7 Å². The molecular formula is C18H19F3N3O4+. The number of esters is 1. The van der Waals surface area contributed by atoms with Gasteiger partial charge in [-0.3, -0.25) is 10.1 Å². The summed E-state index contributed by atoms with van der Waals surface area (Å²) in [6.45, 7) is 0.985. The second kappa shape index (κ2) is 8.59. The Hall–Kier alpha value is -3.30. The third-order valence-corrected chi connectivity index (χ3v) is 3.65. The molecule has 0 fully saturated rings. The minimum Gasteiger partial charge on any atom is -0.484 e. The second-order valence-electron chi connectivity index (χ2n) is 5.79. The Morgan fingerprint density at radius 2 is 1.79 bits per heavy atom. The van der Waals surface area contributed by atoms with Crippen molar-refractivity contribution in [1.82, 2.24) is 5.32 Å². The summed E-state index contributed by atoms with van der Waals surface area (Å²) in [5.74, 6) is -2.78. The molecule has 0 radical (unpaired) electrons. The summed E-state index contributed by atoms with van der Waals surface area (Å²) in [7, 11) is 0.788. The van der Waals surface area contributed by atoms with Gasteiger partial charge in [0.05, 0.1) is 13.3 Å². The average molecular weight is 398 g/mol. The van der Waals surface area contributed by atoms with Crippen molar-refractivity contribution in [3.05, 3.63) is 54.2 Å². The molecule has 150 valence electrons. The first-order chi connectivity index (χ1) is 13.2. The topological polar surface area (TPSA) is 90.8 Å². The number of aromatic amines is 1. The van der Waals surface area contributed by atoms with Crippen LogP contribution in [-0.4, -0.2) is 37.4 Å². The van der Waals surface area contributed by atoms with Gasteiger partial charge in [-0.25, -0.2) is 15.1 Å². The minimum atomic E-state index is -5.22. The van der Waals surface area contributed by atoms with Crippen molar-refractivity contribution in [3.8, 4) is 5.75 Å². The highest BCUT2D eigenvalue weighted by Crippen LogP contribution is 2.32. The zero-order valence-corrected chi connectivity index (χ0v) is 15.1. The van der Waals surface area contributed by atoms with Crippen LogP contribution in [0.4, 0.5) is 19.0 Å². The summed E-state index contributed by atoms with van der Waals surface area (Å²) in [6.07, 6.45) is -3.79. The molecule has 1 aromatic heterocycles. The number of hydrogen-bond acceptors (Lipinski definition) is 5. The summed E-state index contributed by atoms with van der Waals surface area (Å²) in [4.78, 5) is 26.8. The predicted octanol–water partition coefficient (Wildman–Crippen LogP) is 1.85. The molecule has 0 saturated heterocycles. The van der Waals surface area contributed by atoms with Crippen molar-refractivity contribution in [2.45, 2.75) is 18.8 Å². The number of amides is 1. The van der Waals surface area contributed by atoms with E-state index in [1.54, 1.807) is 30.4 Å². The van der Waals surface area contributed by atoms with E-state index in [-0.39, 0.29) is 11.6 Å². The number of rotatable bonds is 7. The summed E-state index contributed by atoms with van der Waals surface area (Å²) in [5.41, 5.74) is -2.76. The number of pyridine rings is 1. The number of methoxy groups -OCH3 is 1. The normalized spacial score (nSPS) is 13.2. The van der Waals surface area contributed by atoms with Gasteiger partial charge in [0, 0.05) is 6.07 Å². The molecule has 0 bridgehead atoms. The number of alkyl halides is 3. The average Bonchev–Trinajstić information content (AvgIpc) is 2.66. The number of benzene rings is 1. The highest BCUT2D eigenvalue weighted by Gasteiger charge is 2.67. The minimum absolute atomic E-state index is 0.155. The number of halogens is 3. The van der Waals surface area contributed by atoms with Gasteiger partial charge in [0.15, 0.2) is 6.61 Å². The number of aromatic nitrogens is 1. The van der Waals surface area contributed by atoms with E-state index in [2.05, 4.69) is 9.72 Å². The van der Waals surface area contributed by atoms with Crippen LogP contribution < -0.4 is 20.4 Å². The largest absolute Gasteiger partial charge is 0.484 e. The molecule has 1 atom stereocenters. The van der Waals surface area contributed by atoms with Crippen LogP contribution in [0.2, 0.25) is 0 Å². The highest BCUT2D eigenvalue weighted by atomic mass is 19.4. The van der Waals surface area contributed by atoms with Crippen molar-refractivity contribution < 1.29 is 37.2 Å². The van der Waals surface area contributed by atoms with Crippen molar-refractivity contribution in [2.24, 2.45) is 0 Å². The van der Waals surface area contributed by atoms with Crippen LogP contribution in [0.15, 0.2) is 48.7 Å². The maximum Gasteiger partial charge on any atom is 0.464 e. The molecule has 0 spiro atoms. The number of carbonyl (C=O) groups is 2. The Morgan fingerprint density at radius 1 is 1.11 bits per heavy atom. The van der Waals surface area contributed by atoms with Crippen molar-refractivity contribution in [1.29, 1.82) is 0 Å². The number of para-hydroxylation sites is 1. The molecule has 1 heterocycles. The molecule has 7 nitrogen and oxygen atoms in total. The van der Waals surface area contributed by atoms with E-state index >= 15 is 0 Å². The fourth-order valence-corrected chi connectivity index (χ4v) is 2.24. The van der Waals surface area contributed by atoms with Gasteiger partial charge in [-0.15, -0.1) is 0 Å². The molecular weight excluding hydrogens is 379 g/mol. The van der Waals surface area contributed by atoms with Crippen LogP contribution in [0.1, 0.15) is 5.56 Å². The molecule has 0 aliphatic heterocycles. The van der Waals surface area contributed by atoms with Crippen molar-refractivity contribution >= 4 is 17.7 Å². The van der Waals surface area contributed by atoms with Crippen LogP contribution in [0.25, 0.3) is 0 Å². The van der Waals surface area contributed by atoms with Gasteiger partial charge >= 0.3 is 17.8 Å². The smallest absolute Gasteiger partial charge is 0.464 e. The summed E-state index contributed by atoms with van der Waals surface area (Å²) in [6, 6.07) is 10.9. The van der Waals surface area contributed by atoms with E-state index in [4.69, 9.17) is 4.74 Å². The Bertz CT molecular complexity index is 813. The van der Waals surface area contributed by atoms with Crippen molar-refractivity contribution in [2.75, 3.05) is 19.0 Å². The first-order valence-corrected chi connectivity index (χ1v) is 8.08. The first kappa shape index (κ1) is 21.0. The van der Waals surface area contributed by atoms with E-state index in [0.29, 0.717) is 0 Å². The number of nitrogens with one attached hydrogen (secondary N) is 3. The van der Waals surface area contributed by atoms with Crippen LogP contribution in [0, 0.1) is 6.92 Å². The SMILES string of the molecule is COC(=O)[C@@](NC(=O)COc1ccccc1)(Nc1ccc(C)c[nH+]1)C(F)(F)F. The molecule has 0 unspecified atom stereocenters. The number of H-pyrrole nitrogens is 1. The Morgan fingerprint density at radius 3 is 2.32 bits per heavy atom.